The predicted molar refractivity (Wildman–Crippen MR) is 87.1 cm³/mol. The molecule has 126 valence electrons. The molecule has 1 aliphatic rings. The molecule has 4 N–H and O–H groups in total. The van der Waals surface area contributed by atoms with Gasteiger partial charge < -0.3 is 26.0 Å². The number of carbonyl (C=O) groups is 2. The van der Waals surface area contributed by atoms with Crippen LogP contribution >= 0.6 is 0 Å². The first-order chi connectivity index (χ1) is 11.2. The summed E-state index contributed by atoms with van der Waals surface area (Å²) in [4.78, 5) is 25.6. The largest absolute Gasteiger partial charge is 0.395 e. The van der Waals surface area contributed by atoms with Gasteiger partial charge >= 0.3 is 0 Å². The summed E-state index contributed by atoms with van der Waals surface area (Å²) in [5, 5.41) is 18.1. The van der Waals surface area contributed by atoms with E-state index in [9.17, 15) is 9.59 Å². The topological polar surface area (TPSA) is 93.7 Å². The van der Waals surface area contributed by atoms with Gasteiger partial charge in [-0.1, -0.05) is 18.2 Å². The van der Waals surface area contributed by atoms with E-state index in [-0.39, 0.29) is 31.0 Å². The van der Waals surface area contributed by atoms with Crippen molar-refractivity contribution in [1.82, 2.24) is 20.9 Å². The zero-order valence-corrected chi connectivity index (χ0v) is 13.1. The zero-order valence-electron chi connectivity index (χ0n) is 13.1. The van der Waals surface area contributed by atoms with E-state index in [1.807, 2.05) is 18.2 Å². The van der Waals surface area contributed by atoms with E-state index >= 15 is 0 Å². The number of hydrogen-bond donors (Lipinski definition) is 4. The number of nitrogens with zero attached hydrogens (tertiary/aromatic N) is 1. The third kappa shape index (κ3) is 5.63. The summed E-state index contributed by atoms with van der Waals surface area (Å²) >= 11 is 0. The smallest absolute Gasteiger partial charge is 0.251 e. The molecule has 7 nitrogen and oxygen atoms in total. The number of amides is 2. The molecule has 1 aromatic carbocycles. The molecule has 0 unspecified atom stereocenters. The lowest BCUT2D eigenvalue weighted by Gasteiger charge is -2.32. The molecule has 0 radical (unpaired) electrons. The van der Waals surface area contributed by atoms with Crippen molar-refractivity contribution in [3.63, 3.8) is 0 Å². The number of aliphatic hydroxyl groups excluding tert-OH is 1. The van der Waals surface area contributed by atoms with E-state index in [2.05, 4.69) is 16.0 Å². The fraction of sp³-hybridized carbons (Fsp3) is 0.500. The third-order valence-corrected chi connectivity index (χ3v) is 3.73. The number of rotatable bonds is 7. The lowest BCUT2D eigenvalue weighted by molar-refractivity contribution is -0.131. The average molecular weight is 320 g/mol. The molecule has 2 amide bonds. The Morgan fingerprint density at radius 3 is 2.78 bits per heavy atom. The molecular formula is C16H24N4O3. The second-order valence-electron chi connectivity index (χ2n) is 5.47. The van der Waals surface area contributed by atoms with Crippen LogP contribution in [-0.2, 0) is 4.79 Å². The maximum absolute atomic E-state index is 12.0. The van der Waals surface area contributed by atoms with Crippen LogP contribution in [0.5, 0.6) is 0 Å². The monoisotopic (exact) mass is 320 g/mol. The highest BCUT2D eigenvalue weighted by molar-refractivity contribution is 5.94. The Morgan fingerprint density at radius 2 is 2.04 bits per heavy atom. The van der Waals surface area contributed by atoms with Gasteiger partial charge in [0, 0.05) is 44.3 Å². The number of carbonyl (C=O) groups excluding carboxylic acids is 2. The van der Waals surface area contributed by atoms with Gasteiger partial charge in [0.15, 0.2) is 0 Å². The minimum atomic E-state index is -0.119. The highest BCUT2D eigenvalue weighted by Gasteiger charge is 2.21. The third-order valence-electron chi connectivity index (χ3n) is 3.73. The first kappa shape index (κ1) is 17.4. The molecule has 1 aromatic rings. The van der Waals surface area contributed by atoms with Crippen molar-refractivity contribution >= 4 is 11.8 Å². The highest BCUT2D eigenvalue weighted by Crippen LogP contribution is 1.99. The van der Waals surface area contributed by atoms with Gasteiger partial charge in [-0.15, -0.1) is 0 Å². The summed E-state index contributed by atoms with van der Waals surface area (Å²) in [5.74, 6) is -0.106. The zero-order chi connectivity index (χ0) is 16.5. The van der Waals surface area contributed by atoms with Crippen LogP contribution in [0.2, 0.25) is 0 Å². The molecule has 0 aliphatic carbocycles. The molecule has 1 heterocycles. The van der Waals surface area contributed by atoms with Gasteiger partial charge in [0.05, 0.1) is 13.2 Å². The maximum atomic E-state index is 12.0. The molecule has 1 aliphatic heterocycles. The van der Waals surface area contributed by atoms with Crippen LogP contribution in [0, 0.1) is 0 Å². The van der Waals surface area contributed by atoms with E-state index in [0.717, 1.165) is 0 Å². The van der Waals surface area contributed by atoms with Crippen LogP contribution in [0.3, 0.4) is 0 Å². The lowest BCUT2D eigenvalue weighted by Crippen LogP contribution is -2.55. The first-order valence-corrected chi connectivity index (χ1v) is 7.86. The number of piperazine rings is 1. The van der Waals surface area contributed by atoms with Gasteiger partial charge in [-0.05, 0) is 12.1 Å². The molecule has 0 bridgehead atoms. The lowest BCUT2D eigenvalue weighted by atomic mass is 10.2. The van der Waals surface area contributed by atoms with Crippen LogP contribution in [0.1, 0.15) is 10.4 Å². The van der Waals surface area contributed by atoms with Gasteiger partial charge in [-0.3, -0.25) is 9.59 Å². The summed E-state index contributed by atoms with van der Waals surface area (Å²) in [6.45, 7) is 3.14. The number of nitrogens with one attached hydrogen (secondary N) is 3. The summed E-state index contributed by atoms with van der Waals surface area (Å²) in [6, 6.07) is 8.97. The molecule has 0 aromatic heterocycles. The van der Waals surface area contributed by atoms with Gasteiger partial charge in [0.25, 0.3) is 5.91 Å². The van der Waals surface area contributed by atoms with Gasteiger partial charge in [-0.2, -0.15) is 0 Å². The average Bonchev–Trinajstić information content (AvgIpc) is 2.61. The van der Waals surface area contributed by atoms with Crippen LogP contribution < -0.4 is 16.0 Å². The Kier molecular flexibility index (Phi) is 6.99. The van der Waals surface area contributed by atoms with Crippen molar-refractivity contribution in [2.45, 2.75) is 6.04 Å². The second kappa shape index (κ2) is 9.24. The predicted octanol–water partition coefficient (Wildman–Crippen LogP) is -1.20. The Balaban J connectivity index is 1.60. The second-order valence-corrected chi connectivity index (χ2v) is 5.47. The molecule has 0 spiro atoms. The molecular weight excluding hydrogens is 296 g/mol. The van der Waals surface area contributed by atoms with Crippen molar-refractivity contribution in [2.24, 2.45) is 0 Å². The van der Waals surface area contributed by atoms with Crippen LogP contribution in [0.25, 0.3) is 0 Å². The Bertz CT molecular complexity index is 509. The van der Waals surface area contributed by atoms with Crippen molar-refractivity contribution in [3.05, 3.63) is 35.9 Å². The van der Waals surface area contributed by atoms with Crippen LogP contribution in [0.4, 0.5) is 0 Å². The molecule has 1 saturated heterocycles. The molecule has 1 atom stereocenters. The van der Waals surface area contributed by atoms with E-state index in [4.69, 9.17) is 5.11 Å². The summed E-state index contributed by atoms with van der Waals surface area (Å²) < 4.78 is 0. The van der Waals surface area contributed by atoms with Crippen molar-refractivity contribution in [3.8, 4) is 0 Å². The number of hydrogen-bond acceptors (Lipinski definition) is 5. The minimum absolute atomic E-state index is 0.0133. The Morgan fingerprint density at radius 1 is 1.26 bits per heavy atom. The van der Waals surface area contributed by atoms with E-state index in [1.54, 1.807) is 17.0 Å². The van der Waals surface area contributed by atoms with Crippen molar-refractivity contribution in [1.29, 1.82) is 0 Å². The van der Waals surface area contributed by atoms with E-state index in [1.165, 1.54) is 0 Å². The maximum Gasteiger partial charge on any atom is 0.251 e. The van der Waals surface area contributed by atoms with Crippen LogP contribution in [-0.4, -0.2) is 73.7 Å². The highest BCUT2D eigenvalue weighted by atomic mass is 16.3. The fourth-order valence-electron chi connectivity index (χ4n) is 2.44. The molecule has 0 saturated carbocycles. The summed E-state index contributed by atoms with van der Waals surface area (Å²) in [6.07, 6.45) is 0. The Hall–Kier alpha value is -1.96. The van der Waals surface area contributed by atoms with Gasteiger partial charge in [0.2, 0.25) is 5.91 Å². The number of benzene rings is 1. The SMILES string of the molecule is O=C(NCCNCC(=O)N1CCN[C@H](CO)C1)c1ccccc1. The van der Waals surface area contributed by atoms with Gasteiger partial charge in [0.1, 0.15) is 0 Å². The van der Waals surface area contributed by atoms with Gasteiger partial charge in [-0.25, -0.2) is 0 Å². The Labute approximate surface area is 136 Å². The summed E-state index contributed by atoms with van der Waals surface area (Å²) in [7, 11) is 0. The molecule has 7 heteroatoms. The normalized spacial score (nSPS) is 17.8. The van der Waals surface area contributed by atoms with Crippen LogP contribution in [0.15, 0.2) is 30.3 Å². The number of aliphatic hydroxyl groups is 1. The van der Waals surface area contributed by atoms with Crippen molar-refractivity contribution < 1.29 is 14.7 Å². The van der Waals surface area contributed by atoms with E-state index < -0.39 is 0 Å². The quantitative estimate of drug-likeness (QED) is 0.474. The standard InChI is InChI=1S/C16H24N4O3/c21-12-14-11-20(9-8-18-14)15(22)10-17-6-7-19-16(23)13-4-2-1-3-5-13/h1-5,14,17-18,21H,6-12H2,(H,19,23)/t14-/m0/s1. The molecule has 23 heavy (non-hydrogen) atoms. The van der Waals surface area contributed by atoms with Crippen molar-refractivity contribution in [2.75, 3.05) is 45.9 Å². The van der Waals surface area contributed by atoms with E-state index in [0.29, 0.717) is 38.3 Å². The summed E-state index contributed by atoms with van der Waals surface area (Å²) in [5.41, 5.74) is 0.624. The minimum Gasteiger partial charge on any atom is -0.395 e. The fourth-order valence-corrected chi connectivity index (χ4v) is 2.44. The molecule has 2 rings (SSSR count). The first-order valence-electron chi connectivity index (χ1n) is 7.86. The molecule has 1 fully saturated rings.